The van der Waals surface area contributed by atoms with Gasteiger partial charge in [-0.25, -0.2) is 0 Å². The topological polar surface area (TPSA) is 58.4 Å². The zero-order valence-electron chi connectivity index (χ0n) is 37.6. The maximum atomic E-state index is 5.71. The second kappa shape index (κ2) is 15.0. The first-order valence-corrected chi connectivity index (χ1v) is 23.7. The van der Waals surface area contributed by atoms with Gasteiger partial charge in [0.05, 0.1) is 44.1 Å². The van der Waals surface area contributed by atoms with Crippen molar-refractivity contribution in [3.05, 3.63) is 237 Å². The Kier molecular flexibility index (Phi) is 8.23. The van der Waals surface area contributed by atoms with Gasteiger partial charge < -0.3 is 9.13 Å². The van der Waals surface area contributed by atoms with Crippen LogP contribution in [0.3, 0.4) is 0 Å². The summed E-state index contributed by atoms with van der Waals surface area (Å²) in [6.07, 6.45) is 0. The predicted octanol–water partition coefficient (Wildman–Crippen LogP) is 15.6. The van der Waals surface area contributed by atoms with Crippen LogP contribution < -0.4 is 0 Å². The van der Waals surface area contributed by atoms with E-state index in [1.807, 2.05) is 0 Å². The summed E-state index contributed by atoms with van der Waals surface area (Å²) in [6.45, 7) is 0. The minimum Gasteiger partial charge on any atom is -0.309 e. The summed E-state index contributed by atoms with van der Waals surface area (Å²) < 4.78 is 9.34. The Hall–Kier alpha value is -9.59. The molecule has 0 saturated carbocycles. The second-order valence-corrected chi connectivity index (χ2v) is 18.0. The minimum atomic E-state index is 0.528. The zero-order valence-corrected chi connectivity index (χ0v) is 37.6. The molecule has 0 aliphatic heterocycles. The van der Waals surface area contributed by atoms with Crippen molar-refractivity contribution in [3.63, 3.8) is 0 Å². The van der Waals surface area contributed by atoms with Gasteiger partial charge in [0, 0.05) is 60.0 Å². The Morgan fingerprint density at radius 3 is 1.19 bits per heavy atom. The fourth-order valence-electron chi connectivity index (χ4n) is 11.3. The highest BCUT2D eigenvalue weighted by molar-refractivity contribution is 6.26. The number of nitrogens with zero attached hydrogens (tertiary/aromatic N) is 7. The smallest absolute Gasteiger partial charge is 0.240 e. The van der Waals surface area contributed by atoms with Gasteiger partial charge in [0.15, 0.2) is 5.82 Å². The molecule has 0 spiro atoms. The third-order valence-corrected chi connectivity index (χ3v) is 14.2. The fourth-order valence-corrected chi connectivity index (χ4v) is 11.3. The molecule has 0 radical (unpaired) electrons. The van der Waals surface area contributed by atoms with E-state index in [2.05, 4.69) is 255 Å². The first-order chi connectivity index (χ1) is 34.8. The SMILES string of the molecule is c1ccc(-c2ccc(-c3nc(-n4c5ccccc5c5ccc6c(c7ccccc7n6-c6ccccc6)c54)nc(-n4c5ccccc5c5ccc6c7ccccc7n(-c7ccccc7)c6c54)n3)cc2)cc1. The fraction of sp³-hybridized carbons (Fsp3) is 0. The van der Waals surface area contributed by atoms with Gasteiger partial charge in [-0.1, -0.05) is 182 Å². The van der Waals surface area contributed by atoms with Crippen LogP contribution in [-0.4, -0.2) is 33.2 Å². The summed E-state index contributed by atoms with van der Waals surface area (Å²) >= 11 is 0. The van der Waals surface area contributed by atoms with Gasteiger partial charge in [-0.2, -0.15) is 15.0 Å². The van der Waals surface area contributed by atoms with Crippen LogP contribution in [0.1, 0.15) is 0 Å². The molecule has 0 bridgehead atoms. The van der Waals surface area contributed by atoms with E-state index < -0.39 is 0 Å². The molecule has 0 unspecified atom stereocenters. The van der Waals surface area contributed by atoms with E-state index in [0.717, 1.165) is 110 Å². The van der Waals surface area contributed by atoms with Crippen LogP contribution in [-0.2, 0) is 0 Å². The average molecular weight is 894 g/mol. The van der Waals surface area contributed by atoms with Crippen molar-refractivity contribution in [1.82, 2.24) is 33.2 Å². The lowest BCUT2D eigenvalue weighted by atomic mass is 10.0. The molecule has 7 heteroatoms. The Labute approximate surface area is 401 Å². The second-order valence-electron chi connectivity index (χ2n) is 18.0. The standard InChI is InChI=1S/C63H39N7/c1-4-18-40(19-5-1)41-32-34-42(35-33-41)61-64-62(69-53-29-15-11-24-45(53)48-38-39-56-57(58(48)69)51-27-13-17-31-55(51)67(56)43-20-6-2-7-21-43)66-63(65-61)70-54-30-16-12-26-47(54)50-37-36-49-46-25-10-14-28-52(46)68(59(49)60(50)70)44-22-8-3-9-23-44/h1-39H. The van der Waals surface area contributed by atoms with Crippen molar-refractivity contribution in [2.45, 2.75) is 0 Å². The average Bonchev–Trinajstić information content (AvgIpc) is 4.17. The van der Waals surface area contributed by atoms with Crippen LogP contribution >= 0.6 is 0 Å². The number of hydrogen-bond donors (Lipinski definition) is 0. The zero-order chi connectivity index (χ0) is 45.9. The predicted molar refractivity (Wildman–Crippen MR) is 288 cm³/mol. The summed E-state index contributed by atoms with van der Waals surface area (Å²) in [7, 11) is 0. The molecule has 15 rings (SSSR count). The Morgan fingerprint density at radius 1 is 0.229 bits per heavy atom. The van der Waals surface area contributed by atoms with E-state index in [4.69, 9.17) is 15.0 Å². The van der Waals surface area contributed by atoms with E-state index in [9.17, 15) is 0 Å². The lowest BCUT2D eigenvalue weighted by Crippen LogP contribution is -2.10. The normalized spacial score (nSPS) is 12.0. The number of para-hydroxylation sites is 6. The molecule has 0 fully saturated rings. The highest BCUT2D eigenvalue weighted by atomic mass is 15.3. The molecule has 0 N–H and O–H groups in total. The number of rotatable bonds is 6. The summed E-state index contributed by atoms with van der Waals surface area (Å²) in [4.78, 5) is 16.8. The number of aromatic nitrogens is 7. The van der Waals surface area contributed by atoms with E-state index in [-0.39, 0.29) is 0 Å². The Bertz CT molecular complexity index is 4560. The maximum absolute atomic E-state index is 5.71. The van der Waals surface area contributed by atoms with Gasteiger partial charge in [-0.05, 0) is 65.7 Å². The van der Waals surface area contributed by atoms with Crippen molar-refractivity contribution in [3.8, 4) is 45.8 Å². The molecule has 0 aliphatic carbocycles. The van der Waals surface area contributed by atoms with E-state index in [1.165, 1.54) is 5.39 Å². The van der Waals surface area contributed by atoms with Crippen LogP contribution in [0.5, 0.6) is 0 Å². The van der Waals surface area contributed by atoms with Crippen LogP contribution in [0.4, 0.5) is 0 Å². The van der Waals surface area contributed by atoms with Crippen molar-refractivity contribution in [1.29, 1.82) is 0 Å². The van der Waals surface area contributed by atoms with Crippen LogP contribution in [0.15, 0.2) is 237 Å². The van der Waals surface area contributed by atoms with Crippen LogP contribution in [0.2, 0.25) is 0 Å². The summed E-state index contributed by atoms with van der Waals surface area (Å²) in [5.41, 5.74) is 13.9. The molecule has 0 aliphatic rings. The van der Waals surface area contributed by atoms with Crippen molar-refractivity contribution < 1.29 is 0 Å². The minimum absolute atomic E-state index is 0.528. The molecule has 10 aromatic carbocycles. The quantitative estimate of drug-likeness (QED) is 0.167. The van der Waals surface area contributed by atoms with Gasteiger partial charge in [0.25, 0.3) is 0 Å². The first kappa shape index (κ1) is 38.5. The van der Waals surface area contributed by atoms with Gasteiger partial charge in [0.1, 0.15) is 0 Å². The van der Waals surface area contributed by atoms with Gasteiger partial charge >= 0.3 is 0 Å². The maximum Gasteiger partial charge on any atom is 0.240 e. The van der Waals surface area contributed by atoms with E-state index in [0.29, 0.717) is 17.7 Å². The van der Waals surface area contributed by atoms with E-state index >= 15 is 0 Å². The van der Waals surface area contributed by atoms with Crippen molar-refractivity contribution >= 4 is 87.2 Å². The lowest BCUT2D eigenvalue weighted by molar-refractivity contribution is 0.894. The molecule has 5 heterocycles. The van der Waals surface area contributed by atoms with Gasteiger partial charge in [-0.3, -0.25) is 9.13 Å². The highest BCUT2D eigenvalue weighted by Crippen LogP contribution is 2.44. The largest absolute Gasteiger partial charge is 0.309 e. The first-order valence-electron chi connectivity index (χ1n) is 23.7. The summed E-state index contributed by atoms with van der Waals surface area (Å²) in [5, 5.41) is 9.10. The summed E-state index contributed by atoms with van der Waals surface area (Å²) in [5.74, 6) is 1.63. The summed E-state index contributed by atoms with van der Waals surface area (Å²) in [6, 6.07) is 84.2. The highest BCUT2D eigenvalue weighted by Gasteiger charge is 2.26. The number of hydrogen-bond acceptors (Lipinski definition) is 3. The van der Waals surface area contributed by atoms with Gasteiger partial charge in [0.2, 0.25) is 11.9 Å². The number of fused-ring (bicyclic) bond motifs is 14. The number of benzene rings is 10. The van der Waals surface area contributed by atoms with Crippen LogP contribution in [0, 0.1) is 0 Å². The molecule has 5 aromatic heterocycles. The third-order valence-electron chi connectivity index (χ3n) is 14.2. The molecular formula is C63H39N7. The molecule has 15 aromatic rings. The lowest BCUT2D eigenvalue weighted by Gasteiger charge is -2.14. The Morgan fingerprint density at radius 2 is 0.614 bits per heavy atom. The molecule has 0 atom stereocenters. The molecule has 0 amide bonds. The van der Waals surface area contributed by atoms with Crippen molar-refractivity contribution in [2.24, 2.45) is 0 Å². The molecule has 70 heavy (non-hydrogen) atoms. The molecule has 0 saturated heterocycles. The third kappa shape index (κ3) is 5.54. The molecular weight excluding hydrogens is 855 g/mol. The van der Waals surface area contributed by atoms with Crippen LogP contribution in [0.25, 0.3) is 133 Å². The monoisotopic (exact) mass is 893 g/mol. The molecule has 326 valence electrons. The molecule has 7 nitrogen and oxygen atoms in total. The van der Waals surface area contributed by atoms with E-state index in [1.54, 1.807) is 0 Å². The Balaban J connectivity index is 1.10. The van der Waals surface area contributed by atoms with Gasteiger partial charge in [-0.15, -0.1) is 0 Å². The van der Waals surface area contributed by atoms with Crippen molar-refractivity contribution in [2.75, 3.05) is 0 Å².